The van der Waals surface area contributed by atoms with Crippen molar-refractivity contribution in [1.29, 1.82) is 0 Å². The molecule has 0 saturated carbocycles. The van der Waals surface area contributed by atoms with E-state index in [2.05, 4.69) is 32.8 Å². The van der Waals surface area contributed by atoms with Crippen molar-refractivity contribution in [3.8, 4) is 22.6 Å². The van der Waals surface area contributed by atoms with Crippen molar-refractivity contribution in [3.63, 3.8) is 0 Å². The minimum absolute atomic E-state index is 0.223. The van der Waals surface area contributed by atoms with E-state index in [0.717, 1.165) is 42.8 Å². The standard InChI is InChI=1S/C20H19ClF3N3O.C17H23BClF3O3.C9H8IN3/c1-19(2,20(22,23)24)28-12-13-8-14(10-15(21)9-13)17-11-18(25)26-27(17)16-6-4-3-5-7-16;1-14(2)15(3,4)25-18(24-14)12-7-11(8-13(19)9-12)10-23-16(5,6)17(20,21)22;10-8-6-9(11)12-13(8)7-4-2-1-3-5-7/h3-11H,12H2,1-2H3,(H2,25,26);7-9H,10H2,1-6H3;1-6H,(H2,11,12). The van der Waals surface area contributed by atoms with Crippen LogP contribution in [0.3, 0.4) is 0 Å². The van der Waals surface area contributed by atoms with Crippen LogP contribution in [0.2, 0.25) is 10.0 Å². The van der Waals surface area contributed by atoms with Gasteiger partial charge >= 0.3 is 19.5 Å². The summed E-state index contributed by atoms with van der Waals surface area (Å²) in [5, 5.41) is 9.23. The number of nitrogens with two attached hydrogens (primary N) is 2. The molecule has 6 aromatic rings. The van der Waals surface area contributed by atoms with Crippen LogP contribution in [-0.4, -0.2) is 61.4 Å². The Morgan fingerprint density at radius 3 is 1.50 bits per heavy atom. The number of ether oxygens (including phenoxy) is 2. The molecule has 66 heavy (non-hydrogen) atoms. The van der Waals surface area contributed by atoms with Gasteiger partial charge in [0.1, 0.15) is 15.3 Å². The van der Waals surface area contributed by atoms with Crippen LogP contribution in [0.4, 0.5) is 38.0 Å². The second-order valence-electron chi connectivity index (χ2n) is 17.3. The van der Waals surface area contributed by atoms with Crippen LogP contribution in [-0.2, 0) is 32.0 Å². The number of anilines is 2. The monoisotopic (exact) mass is 1070 g/mol. The van der Waals surface area contributed by atoms with Gasteiger partial charge in [0, 0.05) is 27.7 Å². The lowest BCUT2D eigenvalue weighted by molar-refractivity contribution is -0.267. The highest BCUT2D eigenvalue weighted by Crippen LogP contribution is 2.38. The molecule has 1 fully saturated rings. The Kier molecular flexibility index (Phi) is 16.4. The predicted octanol–water partition coefficient (Wildman–Crippen LogP) is 12.2. The highest BCUT2D eigenvalue weighted by atomic mass is 127. The number of nitrogens with zero attached hydrogens (tertiary/aromatic N) is 4. The zero-order valence-electron chi connectivity index (χ0n) is 37.4. The molecule has 354 valence electrons. The molecule has 1 saturated heterocycles. The third kappa shape index (κ3) is 13.2. The number of aromatic nitrogens is 4. The molecule has 0 atom stereocenters. The average Bonchev–Trinajstić information content (AvgIpc) is 3.85. The quantitative estimate of drug-likeness (QED) is 0.0790. The van der Waals surface area contributed by atoms with E-state index in [0.29, 0.717) is 49.5 Å². The van der Waals surface area contributed by atoms with E-state index in [9.17, 15) is 26.3 Å². The number of alkyl halides is 6. The summed E-state index contributed by atoms with van der Waals surface area (Å²) in [6.45, 7) is 11.2. The Labute approximate surface area is 404 Å². The first-order valence-corrected chi connectivity index (χ1v) is 22.2. The van der Waals surface area contributed by atoms with E-state index in [-0.39, 0.29) is 13.2 Å². The molecular formula is C46H50BCl2F6IN6O4. The van der Waals surface area contributed by atoms with Crippen LogP contribution >= 0.6 is 45.8 Å². The van der Waals surface area contributed by atoms with Crippen molar-refractivity contribution < 1.29 is 45.1 Å². The van der Waals surface area contributed by atoms with Gasteiger partial charge in [-0.3, -0.25) is 0 Å². The van der Waals surface area contributed by atoms with Gasteiger partial charge in [-0.15, -0.1) is 5.10 Å². The summed E-state index contributed by atoms with van der Waals surface area (Å²) in [5.41, 5.74) is 10.7. The fraction of sp³-hybridized carbons (Fsp3) is 0.348. The van der Waals surface area contributed by atoms with Crippen molar-refractivity contribution in [3.05, 3.63) is 134 Å². The maximum atomic E-state index is 13.0. The van der Waals surface area contributed by atoms with Crippen LogP contribution in [0, 0.1) is 3.70 Å². The highest BCUT2D eigenvalue weighted by molar-refractivity contribution is 14.1. The van der Waals surface area contributed by atoms with Crippen LogP contribution in [0.25, 0.3) is 22.6 Å². The Hall–Kier alpha value is -4.31. The minimum atomic E-state index is -4.48. The van der Waals surface area contributed by atoms with Gasteiger partial charge in [-0.2, -0.15) is 31.4 Å². The third-order valence-electron chi connectivity index (χ3n) is 10.7. The first-order chi connectivity index (χ1) is 30.5. The van der Waals surface area contributed by atoms with Gasteiger partial charge in [-0.25, -0.2) is 9.36 Å². The van der Waals surface area contributed by atoms with Gasteiger partial charge in [-0.1, -0.05) is 65.7 Å². The van der Waals surface area contributed by atoms with Gasteiger partial charge < -0.3 is 30.2 Å². The Morgan fingerprint density at radius 2 is 1.05 bits per heavy atom. The number of benzene rings is 4. The van der Waals surface area contributed by atoms with Gasteiger partial charge in [0.2, 0.25) is 0 Å². The van der Waals surface area contributed by atoms with Gasteiger partial charge in [0.05, 0.1) is 41.5 Å². The molecular weight excluding hydrogens is 1020 g/mol. The molecule has 1 aliphatic rings. The summed E-state index contributed by atoms with van der Waals surface area (Å²) in [7, 11) is -0.641. The first-order valence-electron chi connectivity index (χ1n) is 20.3. The molecule has 0 unspecified atom stereocenters. The Morgan fingerprint density at radius 1 is 0.621 bits per heavy atom. The molecule has 20 heteroatoms. The van der Waals surface area contributed by atoms with Crippen molar-refractivity contribution >= 4 is 70.0 Å². The van der Waals surface area contributed by atoms with Crippen molar-refractivity contribution in [2.75, 3.05) is 11.5 Å². The molecule has 7 rings (SSSR count). The lowest BCUT2D eigenvalue weighted by Gasteiger charge is -2.32. The molecule has 3 heterocycles. The highest BCUT2D eigenvalue weighted by Gasteiger charge is 2.52. The summed E-state index contributed by atoms with van der Waals surface area (Å²) in [4.78, 5) is 0. The maximum Gasteiger partial charge on any atom is 0.494 e. The zero-order chi connectivity index (χ0) is 49.0. The first kappa shape index (κ1) is 52.7. The fourth-order valence-corrected chi connectivity index (χ4v) is 7.17. The molecule has 2 aromatic heterocycles. The third-order valence-corrected chi connectivity index (χ3v) is 11.9. The summed E-state index contributed by atoms with van der Waals surface area (Å²) < 4.78 is 104. The molecule has 0 bridgehead atoms. The maximum absolute atomic E-state index is 13.0. The number of hydrogen-bond acceptors (Lipinski definition) is 8. The zero-order valence-corrected chi connectivity index (χ0v) is 41.0. The Balaban J connectivity index is 0.000000197. The lowest BCUT2D eigenvalue weighted by atomic mass is 9.78. The number of para-hydroxylation sites is 2. The SMILES string of the molecule is CC(C)(OCc1cc(Cl)cc(-c2cc(N)nn2-c2ccccc2)c1)C(F)(F)F.CC(C)(OCc1cc(Cl)cc(B2OC(C)(C)C(C)(C)O2)c1)C(F)(F)F.Nc1cc(I)n(-c2ccccc2)n1. The largest absolute Gasteiger partial charge is 0.494 e. The normalized spacial score (nSPS) is 14.9. The van der Waals surface area contributed by atoms with E-state index in [4.69, 9.17) is 53.5 Å². The summed E-state index contributed by atoms with van der Waals surface area (Å²) in [6, 6.07) is 32.7. The molecule has 0 radical (unpaired) electrons. The molecule has 0 amide bonds. The van der Waals surface area contributed by atoms with Crippen molar-refractivity contribution in [2.45, 2.75) is 103 Å². The van der Waals surface area contributed by atoms with Crippen LogP contribution in [0.15, 0.2) is 109 Å². The molecule has 4 N–H and O–H groups in total. The Bertz CT molecular complexity index is 2560. The minimum Gasteiger partial charge on any atom is -0.399 e. The van der Waals surface area contributed by atoms with E-state index in [1.54, 1.807) is 47.1 Å². The van der Waals surface area contributed by atoms with E-state index >= 15 is 0 Å². The summed E-state index contributed by atoms with van der Waals surface area (Å²) in [5.74, 6) is 0.864. The van der Waals surface area contributed by atoms with Crippen LogP contribution in [0.1, 0.15) is 66.5 Å². The van der Waals surface area contributed by atoms with Gasteiger partial charge in [-0.05, 0) is 149 Å². The van der Waals surface area contributed by atoms with Gasteiger partial charge in [0.25, 0.3) is 0 Å². The van der Waals surface area contributed by atoms with Crippen molar-refractivity contribution in [2.24, 2.45) is 0 Å². The average molecular weight is 1070 g/mol. The lowest BCUT2D eigenvalue weighted by Crippen LogP contribution is -2.41. The van der Waals surface area contributed by atoms with E-state index in [1.807, 2.05) is 99.1 Å². The van der Waals surface area contributed by atoms with Crippen LogP contribution < -0.4 is 16.9 Å². The van der Waals surface area contributed by atoms with Crippen LogP contribution in [0.5, 0.6) is 0 Å². The van der Waals surface area contributed by atoms with Crippen molar-refractivity contribution in [1.82, 2.24) is 19.6 Å². The molecule has 0 aliphatic carbocycles. The molecule has 4 aromatic carbocycles. The topological polar surface area (TPSA) is 125 Å². The molecule has 10 nitrogen and oxygen atoms in total. The molecule has 1 aliphatic heterocycles. The number of hydrogen-bond donors (Lipinski definition) is 2. The second-order valence-corrected chi connectivity index (χ2v) is 19.2. The number of rotatable bonds is 10. The fourth-order valence-electron chi connectivity index (χ4n) is 5.94. The number of halogens is 9. The predicted molar refractivity (Wildman–Crippen MR) is 256 cm³/mol. The van der Waals surface area contributed by atoms with E-state index < -0.39 is 41.9 Å². The summed E-state index contributed by atoms with van der Waals surface area (Å²) >= 11 is 14.5. The summed E-state index contributed by atoms with van der Waals surface area (Å²) in [6.07, 6.45) is -8.94. The number of nitrogen functional groups attached to an aromatic ring is 2. The van der Waals surface area contributed by atoms with E-state index in [1.165, 1.54) is 0 Å². The van der Waals surface area contributed by atoms with Gasteiger partial charge in [0.15, 0.2) is 11.2 Å². The smallest absolute Gasteiger partial charge is 0.399 e. The molecule has 0 spiro atoms. The second kappa shape index (κ2) is 20.5.